The highest BCUT2D eigenvalue weighted by atomic mass is 16.2. The third-order valence-corrected chi connectivity index (χ3v) is 5.26. The van der Waals surface area contributed by atoms with E-state index >= 15 is 0 Å². The van der Waals surface area contributed by atoms with Gasteiger partial charge in [0.2, 0.25) is 0 Å². The minimum absolute atomic E-state index is 0.0360. The first kappa shape index (κ1) is 17.5. The molecule has 1 aliphatic heterocycles. The Balaban J connectivity index is 1.39. The molecule has 1 aromatic carbocycles. The van der Waals surface area contributed by atoms with Crippen molar-refractivity contribution < 1.29 is 4.79 Å². The van der Waals surface area contributed by atoms with Crippen molar-refractivity contribution in [3.63, 3.8) is 0 Å². The van der Waals surface area contributed by atoms with E-state index in [9.17, 15) is 4.79 Å². The lowest BCUT2D eigenvalue weighted by Crippen LogP contribution is -2.40. The summed E-state index contributed by atoms with van der Waals surface area (Å²) in [4.78, 5) is 26.5. The molecule has 1 saturated heterocycles. The zero-order valence-electron chi connectivity index (χ0n) is 15.8. The first-order valence-corrected chi connectivity index (χ1v) is 9.55. The lowest BCUT2D eigenvalue weighted by Gasteiger charge is -2.32. The Morgan fingerprint density at radius 3 is 2.63 bits per heavy atom. The first-order chi connectivity index (χ1) is 13.1. The molecule has 140 valence electrons. The average Bonchev–Trinajstić information content (AvgIpc) is 3.12. The van der Waals surface area contributed by atoms with E-state index in [4.69, 9.17) is 0 Å². The summed E-state index contributed by atoms with van der Waals surface area (Å²) >= 11 is 0. The fraction of sp³-hybridized carbons (Fsp3) is 0.381. The molecule has 0 atom stereocenters. The SMILES string of the molecule is CC(C)c1nc2ccc(NC(=O)N3CCC(c4ccncc4)CC3)cc2[nH]1. The monoisotopic (exact) mass is 363 g/mol. The van der Waals surface area contributed by atoms with Crippen molar-refractivity contribution in [1.29, 1.82) is 0 Å². The molecule has 0 bridgehead atoms. The van der Waals surface area contributed by atoms with Crippen molar-refractivity contribution in [3.05, 3.63) is 54.1 Å². The second-order valence-electron chi connectivity index (χ2n) is 7.48. The molecule has 0 aliphatic carbocycles. The number of nitrogens with one attached hydrogen (secondary N) is 2. The van der Waals surface area contributed by atoms with E-state index in [2.05, 4.69) is 46.2 Å². The third kappa shape index (κ3) is 3.79. The number of likely N-dealkylation sites (tertiary alicyclic amines) is 1. The number of benzene rings is 1. The smallest absolute Gasteiger partial charge is 0.321 e. The van der Waals surface area contributed by atoms with E-state index in [-0.39, 0.29) is 6.03 Å². The number of fused-ring (bicyclic) bond motifs is 1. The van der Waals surface area contributed by atoms with Gasteiger partial charge in [-0.1, -0.05) is 13.8 Å². The molecule has 0 radical (unpaired) electrons. The number of carbonyl (C=O) groups is 1. The highest BCUT2D eigenvalue weighted by molar-refractivity contribution is 5.92. The van der Waals surface area contributed by atoms with Crippen molar-refractivity contribution in [1.82, 2.24) is 19.9 Å². The minimum Gasteiger partial charge on any atom is -0.342 e. The van der Waals surface area contributed by atoms with Crippen LogP contribution >= 0.6 is 0 Å². The number of carbonyl (C=O) groups excluding carboxylic acids is 1. The molecule has 0 unspecified atom stereocenters. The molecule has 3 heterocycles. The highest BCUT2D eigenvalue weighted by Crippen LogP contribution is 2.28. The van der Waals surface area contributed by atoms with Gasteiger partial charge in [-0.3, -0.25) is 4.98 Å². The van der Waals surface area contributed by atoms with Gasteiger partial charge in [0.1, 0.15) is 5.82 Å². The van der Waals surface area contributed by atoms with Crippen LogP contribution in [0.2, 0.25) is 0 Å². The predicted molar refractivity (Wildman–Crippen MR) is 107 cm³/mol. The molecule has 3 aromatic rings. The Morgan fingerprint density at radius 2 is 1.93 bits per heavy atom. The van der Waals surface area contributed by atoms with Gasteiger partial charge in [-0.05, 0) is 54.7 Å². The Bertz CT molecular complexity index is 926. The molecule has 27 heavy (non-hydrogen) atoms. The van der Waals surface area contributed by atoms with Crippen LogP contribution in [0.15, 0.2) is 42.7 Å². The second kappa shape index (κ2) is 7.39. The number of hydrogen-bond acceptors (Lipinski definition) is 3. The largest absolute Gasteiger partial charge is 0.342 e. The van der Waals surface area contributed by atoms with Crippen LogP contribution in [0.3, 0.4) is 0 Å². The van der Waals surface area contributed by atoms with E-state index in [1.54, 1.807) is 0 Å². The van der Waals surface area contributed by atoms with Crippen molar-refractivity contribution in [3.8, 4) is 0 Å². The molecule has 6 heteroatoms. The molecular weight excluding hydrogens is 338 g/mol. The molecule has 2 aromatic heterocycles. The molecule has 1 fully saturated rings. The number of nitrogens with zero attached hydrogens (tertiary/aromatic N) is 3. The maximum Gasteiger partial charge on any atom is 0.321 e. The first-order valence-electron chi connectivity index (χ1n) is 9.55. The summed E-state index contributed by atoms with van der Waals surface area (Å²) in [5.41, 5.74) is 3.99. The van der Waals surface area contributed by atoms with Crippen molar-refractivity contribution in [2.24, 2.45) is 0 Å². The van der Waals surface area contributed by atoms with Crippen LogP contribution in [-0.4, -0.2) is 39.0 Å². The normalized spacial score (nSPS) is 15.4. The molecule has 4 rings (SSSR count). The van der Waals surface area contributed by atoms with Gasteiger partial charge in [-0.15, -0.1) is 0 Å². The van der Waals surface area contributed by atoms with Crippen LogP contribution in [-0.2, 0) is 0 Å². The van der Waals surface area contributed by atoms with E-state index in [0.29, 0.717) is 11.8 Å². The lowest BCUT2D eigenvalue weighted by molar-refractivity contribution is 0.194. The standard InChI is InChI=1S/C21H25N5O/c1-14(2)20-24-18-4-3-17(13-19(18)25-20)23-21(27)26-11-7-16(8-12-26)15-5-9-22-10-6-15/h3-6,9-10,13-14,16H,7-8,11-12H2,1-2H3,(H,23,27)(H,24,25). The molecule has 6 nitrogen and oxygen atoms in total. The van der Waals surface area contributed by atoms with Crippen LogP contribution < -0.4 is 5.32 Å². The van der Waals surface area contributed by atoms with Gasteiger partial charge in [0.15, 0.2) is 0 Å². The number of piperidine rings is 1. The summed E-state index contributed by atoms with van der Waals surface area (Å²) in [6.07, 6.45) is 5.64. The van der Waals surface area contributed by atoms with Crippen LogP contribution in [0, 0.1) is 0 Å². The minimum atomic E-state index is -0.0360. The van der Waals surface area contributed by atoms with Crippen LogP contribution in [0.4, 0.5) is 10.5 Å². The fourth-order valence-electron chi connectivity index (χ4n) is 3.63. The van der Waals surface area contributed by atoms with Crippen molar-refractivity contribution in [2.75, 3.05) is 18.4 Å². The number of imidazole rings is 1. The van der Waals surface area contributed by atoms with E-state index in [1.807, 2.05) is 35.5 Å². The molecule has 2 N–H and O–H groups in total. The number of amides is 2. The number of rotatable bonds is 3. The van der Waals surface area contributed by atoms with Gasteiger partial charge >= 0.3 is 6.03 Å². The summed E-state index contributed by atoms with van der Waals surface area (Å²) in [5, 5.41) is 3.03. The summed E-state index contributed by atoms with van der Waals surface area (Å²) in [6.45, 7) is 5.75. The van der Waals surface area contributed by atoms with Gasteiger partial charge in [0.05, 0.1) is 11.0 Å². The van der Waals surface area contributed by atoms with E-state index < -0.39 is 0 Å². The Kier molecular flexibility index (Phi) is 4.79. The number of aromatic nitrogens is 3. The summed E-state index contributed by atoms with van der Waals surface area (Å²) in [7, 11) is 0. The third-order valence-electron chi connectivity index (χ3n) is 5.26. The predicted octanol–water partition coefficient (Wildman–Crippen LogP) is 4.49. The number of aromatic amines is 1. The number of urea groups is 1. The zero-order valence-corrected chi connectivity index (χ0v) is 15.8. The lowest BCUT2D eigenvalue weighted by atomic mass is 9.90. The van der Waals surface area contributed by atoms with Crippen LogP contribution in [0.5, 0.6) is 0 Å². The Labute approximate surface area is 159 Å². The fourth-order valence-corrected chi connectivity index (χ4v) is 3.63. The molecule has 1 aliphatic rings. The highest BCUT2D eigenvalue weighted by Gasteiger charge is 2.24. The molecule has 2 amide bonds. The number of anilines is 1. The number of hydrogen-bond donors (Lipinski definition) is 2. The Hall–Kier alpha value is -2.89. The maximum atomic E-state index is 12.6. The summed E-state index contributed by atoms with van der Waals surface area (Å²) < 4.78 is 0. The molecule has 0 spiro atoms. The Morgan fingerprint density at radius 1 is 1.19 bits per heavy atom. The van der Waals surface area contributed by atoms with Gasteiger partial charge in [0.25, 0.3) is 0 Å². The maximum absolute atomic E-state index is 12.6. The zero-order chi connectivity index (χ0) is 18.8. The molecular formula is C21H25N5O. The quantitative estimate of drug-likeness (QED) is 0.720. The van der Waals surface area contributed by atoms with Crippen molar-refractivity contribution in [2.45, 2.75) is 38.5 Å². The molecule has 0 saturated carbocycles. The van der Waals surface area contributed by atoms with Gasteiger partial charge < -0.3 is 15.2 Å². The van der Waals surface area contributed by atoms with Crippen LogP contribution in [0.25, 0.3) is 11.0 Å². The topological polar surface area (TPSA) is 73.9 Å². The van der Waals surface area contributed by atoms with Gasteiger partial charge in [-0.25, -0.2) is 9.78 Å². The average molecular weight is 363 g/mol. The van der Waals surface area contributed by atoms with Gasteiger partial charge in [0, 0.05) is 37.1 Å². The number of H-pyrrole nitrogens is 1. The summed E-state index contributed by atoms with van der Waals surface area (Å²) in [6, 6.07) is 9.93. The van der Waals surface area contributed by atoms with E-state index in [1.165, 1.54) is 5.56 Å². The van der Waals surface area contributed by atoms with Crippen molar-refractivity contribution >= 4 is 22.8 Å². The van der Waals surface area contributed by atoms with Gasteiger partial charge in [-0.2, -0.15) is 0 Å². The number of pyridine rings is 1. The van der Waals surface area contributed by atoms with Crippen LogP contribution in [0.1, 0.15) is 49.9 Å². The second-order valence-corrected chi connectivity index (χ2v) is 7.48. The van der Waals surface area contributed by atoms with E-state index in [0.717, 1.165) is 48.5 Å². The summed E-state index contributed by atoms with van der Waals surface area (Å²) in [5.74, 6) is 1.82.